The molecule has 4 aromatic rings. The van der Waals surface area contributed by atoms with Gasteiger partial charge in [-0.3, -0.25) is 18.6 Å². The van der Waals surface area contributed by atoms with Gasteiger partial charge >= 0.3 is 0 Å². The third-order valence-corrected chi connectivity index (χ3v) is 6.23. The lowest BCUT2D eigenvalue weighted by Gasteiger charge is -2.11. The Kier molecular flexibility index (Phi) is 6.60. The summed E-state index contributed by atoms with van der Waals surface area (Å²) in [6.45, 7) is 6.74. The number of rotatable bonds is 8. The van der Waals surface area contributed by atoms with E-state index in [4.69, 9.17) is 0 Å². The van der Waals surface area contributed by atoms with Gasteiger partial charge in [0.25, 0.3) is 5.56 Å². The fourth-order valence-corrected chi connectivity index (χ4v) is 4.66. The number of aryl methyl sites for hydroxylation is 3. The Balaban J connectivity index is 1.63. The summed E-state index contributed by atoms with van der Waals surface area (Å²) < 4.78 is 3.59. The summed E-state index contributed by atoms with van der Waals surface area (Å²) in [5, 5.41) is 12.8. The highest BCUT2D eigenvalue weighted by molar-refractivity contribution is 7.99. The van der Waals surface area contributed by atoms with E-state index < -0.39 is 0 Å². The van der Waals surface area contributed by atoms with Gasteiger partial charge < -0.3 is 5.32 Å². The van der Waals surface area contributed by atoms with Crippen LogP contribution >= 0.6 is 11.8 Å². The second kappa shape index (κ2) is 9.56. The van der Waals surface area contributed by atoms with Crippen LogP contribution in [-0.2, 0) is 11.3 Å². The summed E-state index contributed by atoms with van der Waals surface area (Å²) in [5.74, 6) is 0.594. The third kappa shape index (κ3) is 4.55. The molecule has 0 saturated heterocycles. The van der Waals surface area contributed by atoms with E-state index in [-0.39, 0.29) is 17.2 Å². The number of aromatic nitrogens is 4. The number of anilines is 1. The molecule has 0 aliphatic heterocycles. The van der Waals surface area contributed by atoms with Gasteiger partial charge in [-0.15, -0.1) is 10.2 Å². The van der Waals surface area contributed by atoms with Crippen LogP contribution in [-0.4, -0.2) is 30.8 Å². The highest BCUT2D eigenvalue weighted by atomic mass is 32.2. The van der Waals surface area contributed by atoms with Gasteiger partial charge in [0.15, 0.2) is 5.16 Å². The number of hydrogen-bond acceptors (Lipinski definition) is 5. The molecule has 2 aromatic carbocycles. The number of nitrogens with zero attached hydrogens (tertiary/aromatic N) is 4. The highest BCUT2D eigenvalue weighted by Gasteiger charge is 2.17. The first-order valence-corrected chi connectivity index (χ1v) is 11.8. The zero-order valence-corrected chi connectivity index (χ0v) is 19.4. The van der Waals surface area contributed by atoms with Crippen molar-refractivity contribution in [1.82, 2.24) is 19.2 Å². The Hall–Kier alpha value is -3.13. The standard InChI is InChI=1S/C24H27N5O2S/c1-4-5-8-11-28-22(31)19-9-6-7-10-20(19)29-23(28)26-27-24(29)32-15-21(30)25-18-13-16(2)12-17(3)14-18/h6-7,9-10,12-14H,4-5,8,11,15H2,1-3H3,(H,25,30). The number of unbranched alkanes of at least 4 members (excludes halogenated alkanes) is 2. The molecule has 0 aliphatic carbocycles. The fraction of sp³-hybridized carbons (Fsp3) is 0.333. The van der Waals surface area contributed by atoms with E-state index in [2.05, 4.69) is 28.5 Å². The lowest BCUT2D eigenvalue weighted by molar-refractivity contribution is -0.113. The van der Waals surface area contributed by atoms with E-state index in [1.54, 1.807) is 4.57 Å². The summed E-state index contributed by atoms with van der Waals surface area (Å²) in [6, 6.07) is 13.4. The van der Waals surface area contributed by atoms with Crippen LogP contribution in [0.2, 0.25) is 0 Å². The molecule has 0 fully saturated rings. The number of carbonyl (C=O) groups is 1. The fourth-order valence-electron chi connectivity index (χ4n) is 3.92. The first-order valence-electron chi connectivity index (χ1n) is 10.9. The van der Waals surface area contributed by atoms with Crippen LogP contribution in [0.25, 0.3) is 16.7 Å². The minimum absolute atomic E-state index is 0.0549. The van der Waals surface area contributed by atoms with Crippen molar-refractivity contribution < 1.29 is 4.79 Å². The molecule has 8 heteroatoms. The van der Waals surface area contributed by atoms with Crippen LogP contribution in [0.5, 0.6) is 0 Å². The van der Waals surface area contributed by atoms with Crippen LogP contribution in [0, 0.1) is 13.8 Å². The minimum Gasteiger partial charge on any atom is -0.325 e. The van der Waals surface area contributed by atoms with E-state index in [0.29, 0.717) is 22.9 Å². The normalized spacial score (nSPS) is 11.3. The molecule has 0 atom stereocenters. The quantitative estimate of drug-likeness (QED) is 0.314. The molecule has 0 radical (unpaired) electrons. The van der Waals surface area contributed by atoms with Gasteiger partial charge in [0.05, 0.1) is 16.7 Å². The van der Waals surface area contributed by atoms with Gasteiger partial charge in [0.1, 0.15) is 0 Å². The molecular weight excluding hydrogens is 422 g/mol. The van der Waals surface area contributed by atoms with Crippen LogP contribution in [0.15, 0.2) is 52.4 Å². The predicted molar refractivity (Wildman–Crippen MR) is 130 cm³/mol. The van der Waals surface area contributed by atoms with Crippen molar-refractivity contribution >= 4 is 40.0 Å². The maximum Gasteiger partial charge on any atom is 0.262 e. The van der Waals surface area contributed by atoms with Crippen molar-refractivity contribution in [1.29, 1.82) is 0 Å². The molecule has 0 saturated carbocycles. The predicted octanol–water partition coefficient (Wildman–Crippen LogP) is 4.58. The van der Waals surface area contributed by atoms with Crippen molar-refractivity contribution in [2.45, 2.75) is 51.7 Å². The molecule has 0 aliphatic rings. The van der Waals surface area contributed by atoms with Crippen molar-refractivity contribution in [3.63, 3.8) is 0 Å². The SMILES string of the molecule is CCCCCn1c(=O)c2ccccc2n2c(SCC(=O)Nc3cc(C)cc(C)c3)nnc12. The molecular formula is C24H27N5O2S. The summed E-state index contributed by atoms with van der Waals surface area (Å²) in [4.78, 5) is 25.7. The average molecular weight is 450 g/mol. The van der Waals surface area contributed by atoms with Crippen LogP contribution in [0.3, 0.4) is 0 Å². The lowest BCUT2D eigenvalue weighted by atomic mass is 10.1. The van der Waals surface area contributed by atoms with Gasteiger partial charge in [0.2, 0.25) is 11.7 Å². The van der Waals surface area contributed by atoms with Gasteiger partial charge in [-0.05, 0) is 55.7 Å². The van der Waals surface area contributed by atoms with Crippen LogP contribution in [0.1, 0.15) is 37.3 Å². The smallest absolute Gasteiger partial charge is 0.262 e. The second-order valence-electron chi connectivity index (χ2n) is 8.01. The summed E-state index contributed by atoms with van der Waals surface area (Å²) >= 11 is 1.31. The summed E-state index contributed by atoms with van der Waals surface area (Å²) in [6.07, 6.45) is 3.01. The number of hydrogen-bond donors (Lipinski definition) is 1. The van der Waals surface area contributed by atoms with Gasteiger partial charge in [-0.2, -0.15) is 0 Å². The van der Waals surface area contributed by atoms with Crippen molar-refractivity contribution in [3.8, 4) is 0 Å². The zero-order chi connectivity index (χ0) is 22.7. The topological polar surface area (TPSA) is 81.3 Å². The Labute approximate surface area is 190 Å². The monoisotopic (exact) mass is 449 g/mol. The number of fused-ring (bicyclic) bond motifs is 3. The molecule has 0 bridgehead atoms. The van der Waals surface area contributed by atoms with E-state index in [0.717, 1.165) is 41.6 Å². The molecule has 0 spiro atoms. The van der Waals surface area contributed by atoms with Gasteiger partial charge in [0, 0.05) is 12.2 Å². The molecule has 7 nitrogen and oxygen atoms in total. The van der Waals surface area contributed by atoms with E-state index in [9.17, 15) is 9.59 Å². The highest BCUT2D eigenvalue weighted by Crippen LogP contribution is 2.22. The number of carbonyl (C=O) groups excluding carboxylic acids is 1. The van der Waals surface area contributed by atoms with Crippen LogP contribution in [0.4, 0.5) is 5.69 Å². The maximum atomic E-state index is 13.1. The first-order chi connectivity index (χ1) is 15.5. The van der Waals surface area contributed by atoms with Crippen molar-refractivity contribution in [2.24, 2.45) is 0 Å². The first kappa shape index (κ1) is 22.1. The van der Waals surface area contributed by atoms with Gasteiger partial charge in [-0.25, -0.2) is 0 Å². The van der Waals surface area contributed by atoms with Crippen molar-refractivity contribution in [3.05, 3.63) is 63.9 Å². The molecule has 4 rings (SSSR count). The maximum absolute atomic E-state index is 13.1. The Morgan fingerprint density at radius 3 is 2.56 bits per heavy atom. The number of para-hydroxylation sites is 1. The molecule has 32 heavy (non-hydrogen) atoms. The Bertz CT molecular complexity index is 1320. The van der Waals surface area contributed by atoms with Gasteiger partial charge in [-0.1, -0.05) is 49.7 Å². The molecule has 166 valence electrons. The second-order valence-corrected chi connectivity index (χ2v) is 8.95. The van der Waals surface area contributed by atoms with Crippen molar-refractivity contribution in [2.75, 3.05) is 11.1 Å². The molecule has 0 unspecified atom stereocenters. The molecule has 2 aromatic heterocycles. The minimum atomic E-state index is -0.114. The number of amides is 1. The van der Waals surface area contributed by atoms with E-state index in [1.807, 2.05) is 54.6 Å². The number of nitrogens with one attached hydrogen (secondary N) is 1. The summed E-state index contributed by atoms with van der Waals surface area (Å²) in [5.41, 5.74) is 3.68. The Morgan fingerprint density at radius 2 is 1.81 bits per heavy atom. The third-order valence-electron chi connectivity index (χ3n) is 5.30. The van der Waals surface area contributed by atoms with Crippen LogP contribution < -0.4 is 10.9 Å². The number of thioether (sulfide) groups is 1. The number of benzene rings is 2. The average Bonchev–Trinajstić information content (AvgIpc) is 3.18. The molecule has 1 N–H and O–H groups in total. The largest absolute Gasteiger partial charge is 0.325 e. The Morgan fingerprint density at radius 1 is 1.06 bits per heavy atom. The zero-order valence-electron chi connectivity index (χ0n) is 18.6. The molecule has 2 heterocycles. The molecule has 1 amide bonds. The lowest BCUT2D eigenvalue weighted by Crippen LogP contribution is -2.23. The van der Waals surface area contributed by atoms with E-state index in [1.165, 1.54) is 11.8 Å². The van der Waals surface area contributed by atoms with E-state index >= 15 is 0 Å². The summed E-state index contributed by atoms with van der Waals surface area (Å²) in [7, 11) is 0.